The van der Waals surface area contributed by atoms with Gasteiger partial charge in [-0.2, -0.15) is 0 Å². The summed E-state index contributed by atoms with van der Waals surface area (Å²) in [6.45, 7) is 3.58. The third kappa shape index (κ3) is 3.89. The molecule has 1 atom stereocenters. The maximum atomic E-state index is 11.2. The quantitative estimate of drug-likeness (QED) is 0.816. The summed E-state index contributed by atoms with van der Waals surface area (Å²) < 4.78 is 5.62. The average Bonchev–Trinajstić information content (AvgIpc) is 2.27. The molecule has 0 radical (unpaired) electrons. The summed E-state index contributed by atoms with van der Waals surface area (Å²) in [7, 11) is 0. The molecule has 0 saturated heterocycles. The number of carbonyl (C=O) groups is 2. The number of benzene rings is 1. The fraction of sp³-hybridized carbons (Fsp3) is 0.167. The SMILES string of the molecule is C=CCC(OC(N)=O)c1cc(Br)cc(C(N)=O)c1. The van der Waals surface area contributed by atoms with Gasteiger partial charge in [0.15, 0.2) is 0 Å². The van der Waals surface area contributed by atoms with Gasteiger partial charge in [0.2, 0.25) is 5.91 Å². The van der Waals surface area contributed by atoms with Crippen molar-refractivity contribution in [3.8, 4) is 0 Å². The van der Waals surface area contributed by atoms with Crippen molar-refractivity contribution in [2.75, 3.05) is 0 Å². The van der Waals surface area contributed by atoms with Gasteiger partial charge in [-0.25, -0.2) is 4.79 Å². The van der Waals surface area contributed by atoms with Gasteiger partial charge in [0, 0.05) is 16.5 Å². The summed E-state index contributed by atoms with van der Waals surface area (Å²) in [5.41, 5.74) is 11.2. The van der Waals surface area contributed by atoms with Crippen molar-refractivity contribution in [2.24, 2.45) is 11.5 Å². The highest BCUT2D eigenvalue weighted by Gasteiger charge is 2.16. The van der Waals surface area contributed by atoms with Gasteiger partial charge in [-0.1, -0.05) is 22.0 Å². The first kappa shape index (κ1) is 14.2. The Balaban J connectivity index is 3.14. The minimum Gasteiger partial charge on any atom is -0.441 e. The van der Waals surface area contributed by atoms with Crippen molar-refractivity contribution in [3.63, 3.8) is 0 Å². The van der Waals surface area contributed by atoms with Crippen LogP contribution in [0, 0.1) is 0 Å². The van der Waals surface area contributed by atoms with Crippen LogP contribution in [0.15, 0.2) is 35.3 Å². The Morgan fingerprint density at radius 2 is 2.06 bits per heavy atom. The molecule has 0 aliphatic heterocycles. The van der Waals surface area contributed by atoms with Gasteiger partial charge in [0.1, 0.15) is 6.10 Å². The Morgan fingerprint density at radius 3 is 2.56 bits per heavy atom. The normalized spacial score (nSPS) is 11.6. The molecule has 2 amide bonds. The average molecular weight is 313 g/mol. The highest BCUT2D eigenvalue weighted by molar-refractivity contribution is 9.10. The topological polar surface area (TPSA) is 95.4 Å². The Labute approximate surface area is 113 Å². The highest BCUT2D eigenvalue weighted by Crippen LogP contribution is 2.26. The van der Waals surface area contributed by atoms with E-state index in [4.69, 9.17) is 16.2 Å². The van der Waals surface area contributed by atoms with Crippen LogP contribution in [-0.4, -0.2) is 12.0 Å². The minimum absolute atomic E-state index is 0.321. The predicted molar refractivity (Wildman–Crippen MR) is 70.9 cm³/mol. The molecule has 18 heavy (non-hydrogen) atoms. The number of hydrogen-bond donors (Lipinski definition) is 2. The Morgan fingerprint density at radius 1 is 1.39 bits per heavy atom. The van der Waals surface area contributed by atoms with E-state index < -0.39 is 18.1 Å². The summed E-state index contributed by atoms with van der Waals surface area (Å²) in [6.07, 6.45) is 0.508. The zero-order valence-electron chi connectivity index (χ0n) is 9.56. The molecule has 0 aliphatic carbocycles. The standard InChI is InChI=1S/C12H13BrN2O3/c1-2-3-10(18-12(15)17)7-4-8(11(14)16)6-9(13)5-7/h2,4-6,10H,1,3H2,(H2,14,16)(H2,15,17). The minimum atomic E-state index is -0.887. The number of primary amides is 2. The fourth-order valence-corrected chi connectivity index (χ4v) is 2.00. The molecule has 6 heteroatoms. The van der Waals surface area contributed by atoms with Gasteiger partial charge in [-0.3, -0.25) is 4.79 Å². The van der Waals surface area contributed by atoms with Crippen LogP contribution in [0.25, 0.3) is 0 Å². The first-order valence-electron chi connectivity index (χ1n) is 5.11. The number of nitrogens with two attached hydrogens (primary N) is 2. The van der Waals surface area contributed by atoms with Gasteiger partial charge >= 0.3 is 6.09 Å². The lowest BCUT2D eigenvalue weighted by Gasteiger charge is -2.16. The Kier molecular flexibility index (Phi) is 4.91. The molecule has 0 fully saturated rings. The van der Waals surface area contributed by atoms with Crippen molar-refractivity contribution in [1.82, 2.24) is 0 Å². The number of rotatable bonds is 5. The first-order chi connectivity index (χ1) is 8.43. The summed E-state index contributed by atoms with van der Waals surface area (Å²) in [4.78, 5) is 22.0. The van der Waals surface area contributed by atoms with Crippen molar-refractivity contribution in [3.05, 3.63) is 46.5 Å². The molecular weight excluding hydrogens is 300 g/mol. The van der Waals surface area contributed by atoms with Crippen molar-refractivity contribution < 1.29 is 14.3 Å². The molecule has 0 spiro atoms. The van der Waals surface area contributed by atoms with Crippen molar-refractivity contribution in [2.45, 2.75) is 12.5 Å². The summed E-state index contributed by atoms with van der Waals surface area (Å²) >= 11 is 3.26. The molecule has 5 nitrogen and oxygen atoms in total. The number of hydrogen-bond acceptors (Lipinski definition) is 3. The summed E-state index contributed by atoms with van der Waals surface area (Å²) in [5.74, 6) is -0.561. The van der Waals surface area contributed by atoms with Gasteiger partial charge in [-0.15, -0.1) is 6.58 Å². The summed E-state index contributed by atoms with van der Waals surface area (Å²) in [6, 6.07) is 4.87. The number of halogens is 1. The van der Waals surface area contributed by atoms with Gasteiger partial charge < -0.3 is 16.2 Å². The fourth-order valence-electron chi connectivity index (χ4n) is 1.48. The Bertz CT molecular complexity index is 488. The van der Waals surface area contributed by atoms with Crippen LogP contribution in [0.1, 0.15) is 28.4 Å². The lowest BCUT2D eigenvalue weighted by molar-refractivity contribution is 0.0999. The number of ether oxygens (including phenoxy) is 1. The lowest BCUT2D eigenvalue weighted by Crippen LogP contribution is -2.18. The predicted octanol–water partition coefficient (Wildman–Crippen LogP) is 2.26. The third-order valence-electron chi connectivity index (χ3n) is 2.22. The molecule has 0 saturated carbocycles. The second-order valence-electron chi connectivity index (χ2n) is 3.59. The van der Waals surface area contributed by atoms with Crippen molar-refractivity contribution >= 4 is 27.9 Å². The van der Waals surface area contributed by atoms with E-state index in [2.05, 4.69) is 22.5 Å². The molecule has 1 aromatic carbocycles. The highest BCUT2D eigenvalue weighted by atomic mass is 79.9. The van der Waals surface area contributed by atoms with E-state index in [9.17, 15) is 9.59 Å². The van der Waals surface area contributed by atoms with Crippen LogP contribution in [0.3, 0.4) is 0 Å². The Hall–Kier alpha value is -1.82. The maximum Gasteiger partial charge on any atom is 0.405 e. The molecule has 0 heterocycles. The largest absolute Gasteiger partial charge is 0.441 e. The third-order valence-corrected chi connectivity index (χ3v) is 2.67. The van der Waals surface area contributed by atoms with Crippen LogP contribution < -0.4 is 11.5 Å². The molecule has 0 aromatic heterocycles. The maximum absolute atomic E-state index is 11.2. The van der Waals surface area contributed by atoms with E-state index in [1.807, 2.05) is 0 Å². The molecule has 4 N–H and O–H groups in total. The summed E-state index contributed by atoms with van der Waals surface area (Å²) in [5, 5.41) is 0. The monoisotopic (exact) mass is 312 g/mol. The van der Waals surface area contributed by atoms with Crippen LogP contribution in [0.4, 0.5) is 4.79 Å². The molecule has 0 aliphatic rings. The van der Waals surface area contributed by atoms with Gasteiger partial charge in [-0.05, 0) is 23.8 Å². The molecule has 96 valence electrons. The second kappa shape index (κ2) is 6.20. The molecule has 1 aromatic rings. The molecule has 1 rings (SSSR count). The van der Waals surface area contributed by atoms with Crippen LogP contribution >= 0.6 is 15.9 Å². The molecule has 0 bridgehead atoms. The lowest BCUT2D eigenvalue weighted by atomic mass is 10.0. The van der Waals surface area contributed by atoms with E-state index in [-0.39, 0.29) is 0 Å². The van der Waals surface area contributed by atoms with E-state index in [1.54, 1.807) is 24.3 Å². The zero-order chi connectivity index (χ0) is 13.7. The number of carbonyl (C=O) groups excluding carboxylic acids is 2. The molecular formula is C12H13BrN2O3. The second-order valence-corrected chi connectivity index (χ2v) is 4.50. The van der Waals surface area contributed by atoms with Crippen LogP contribution in [0.5, 0.6) is 0 Å². The smallest absolute Gasteiger partial charge is 0.405 e. The van der Waals surface area contributed by atoms with E-state index in [0.717, 1.165) is 0 Å². The van der Waals surface area contributed by atoms with E-state index in [0.29, 0.717) is 22.0 Å². The van der Waals surface area contributed by atoms with Crippen LogP contribution in [0.2, 0.25) is 0 Å². The van der Waals surface area contributed by atoms with Gasteiger partial charge in [0.05, 0.1) is 0 Å². The van der Waals surface area contributed by atoms with Crippen molar-refractivity contribution in [1.29, 1.82) is 0 Å². The van der Waals surface area contributed by atoms with E-state index in [1.165, 1.54) is 0 Å². The first-order valence-corrected chi connectivity index (χ1v) is 5.90. The van der Waals surface area contributed by atoms with E-state index >= 15 is 0 Å². The zero-order valence-corrected chi connectivity index (χ0v) is 11.1. The van der Waals surface area contributed by atoms with Crippen LogP contribution in [-0.2, 0) is 4.74 Å². The molecule has 1 unspecified atom stereocenters. The van der Waals surface area contributed by atoms with Gasteiger partial charge in [0.25, 0.3) is 0 Å². The number of amides is 2.